The molecule has 0 radical (unpaired) electrons. The van der Waals surface area contributed by atoms with E-state index < -0.39 is 11.6 Å². The van der Waals surface area contributed by atoms with Crippen LogP contribution in [0.1, 0.15) is 43.0 Å². The van der Waals surface area contributed by atoms with E-state index in [0.29, 0.717) is 11.5 Å². The van der Waals surface area contributed by atoms with E-state index in [-0.39, 0.29) is 24.5 Å². The highest BCUT2D eigenvalue weighted by molar-refractivity contribution is 5.78. The largest absolute Gasteiger partial charge is 0.497 e. The van der Waals surface area contributed by atoms with E-state index in [1.54, 1.807) is 20.2 Å². The van der Waals surface area contributed by atoms with Gasteiger partial charge in [-0.15, -0.1) is 0 Å². The third-order valence-corrected chi connectivity index (χ3v) is 5.37. The minimum atomic E-state index is -0.879. The molecular weight excluding hydrogens is 362 g/mol. The highest BCUT2D eigenvalue weighted by atomic mass is 19.2. The Morgan fingerprint density at radius 3 is 2.36 bits per heavy atom. The lowest BCUT2D eigenvalue weighted by Crippen LogP contribution is -2.38. The summed E-state index contributed by atoms with van der Waals surface area (Å²) in [6.07, 6.45) is 2.19. The molecule has 2 aromatic carbocycles. The van der Waals surface area contributed by atoms with E-state index in [2.05, 4.69) is 5.32 Å². The first kappa shape index (κ1) is 20.3. The smallest absolute Gasteiger partial charge is 0.234 e. The Kier molecular flexibility index (Phi) is 6.29. The van der Waals surface area contributed by atoms with Crippen LogP contribution in [0, 0.1) is 17.6 Å². The monoisotopic (exact) mass is 388 g/mol. The fraction of sp³-hybridized carbons (Fsp3) is 0.409. The number of likely N-dealkylation sites (N-methyl/N-ethyl adjacent to an activating group) is 1. The van der Waals surface area contributed by atoms with Crippen molar-refractivity contribution in [3.8, 4) is 5.75 Å². The van der Waals surface area contributed by atoms with Gasteiger partial charge in [0, 0.05) is 6.04 Å². The zero-order chi connectivity index (χ0) is 20.3. The summed E-state index contributed by atoms with van der Waals surface area (Å²) in [5.41, 5.74) is 1.69. The topological polar surface area (TPSA) is 41.6 Å². The van der Waals surface area contributed by atoms with Gasteiger partial charge in [0.2, 0.25) is 5.91 Å². The average Bonchev–Trinajstić information content (AvgIpc) is 3.53. The van der Waals surface area contributed by atoms with Gasteiger partial charge in [0.05, 0.1) is 19.7 Å². The average molecular weight is 388 g/mol. The minimum absolute atomic E-state index is 0.0228. The van der Waals surface area contributed by atoms with Crippen molar-refractivity contribution in [3.05, 3.63) is 65.2 Å². The molecule has 1 amide bonds. The third kappa shape index (κ3) is 4.87. The summed E-state index contributed by atoms with van der Waals surface area (Å²) in [6, 6.07) is 11.3. The fourth-order valence-corrected chi connectivity index (χ4v) is 3.32. The number of nitrogens with one attached hydrogen (secondary N) is 1. The summed E-state index contributed by atoms with van der Waals surface area (Å²) in [7, 11) is 3.42. The highest BCUT2D eigenvalue weighted by Gasteiger charge is 2.33. The minimum Gasteiger partial charge on any atom is -0.497 e. The van der Waals surface area contributed by atoms with Crippen LogP contribution < -0.4 is 10.1 Å². The molecule has 150 valence electrons. The second kappa shape index (κ2) is 8.69. The molecule has 6 heteroatoms. The van der Waals surface area contributed by atoms with E-state index in [0.717, 1.165) is 30.2 Å². The van der Waals surface area contributed by atoms with Crippen molar-refractivity contribution in [2.75, 3.05) is 20.7 Å². The Bertz CT molecular complexity index is 822. The Balaban J connectivity index is 1.62. The molecule has 2 unspecified atom stereocenters. The van der Waals surface area contributed by atoms with Gasteiger partial charge >= 0.3 is 0 Å². The van der Waals surface area contributed by atoms with Crippen LogP contribution in [0.4, 0.5) is 8.78 Å². The molecule has 1 aliphatic rings. The van der Waals surface area contributed by atoms with Crippen LogP contribution in [-0.4, -0.2) is 31.5 Å². The number of carbonyl (C=O) groups excluding carboxylic acids is 1. The molecule has 2 aromatic rings. The summed E-state index contributed by atoms with van der Waals surface area (Å²) >= 11 is 0. The summed E-state index contributed by atoms with van der Waals surface area (Å²) < 4.78 is 31.8. The Labute approximate surface area is 164 Å². The van der Waals surface area contributed by atoms with E-state index in [9.17, 15) is 13.6 Å². The quantitative estimate of drug-likeness (QED) is 0.736. The summed E-state index contributed by atoms with van der Waals surface area (Å²) in [5, 5.41) is 3.13. The Hall–Kier alpha value is -2.47. The van der Waals surface area contributed by atoms with E-state index in [4.69, 9.17) is 4.74 Å². The zero-order valence-corrected chi connectivity index (χ0v) is 16.4. The number of halogens is 2. The lowest BCUT2D eigenvalue weighted by Gasteiger charge is -2.26. The van der Waals surface area contributed by atoms with Crippen LogP contribution in [0.25, 0.3) is 0 Å². The maximum absolute atomic E-state index is 13.5. The second-order valence-electron chi connectivity index (χ2n) is 7.42. The van der Waals surface area contributed by atoms with Crippen LogP contribution >= 0.6 is 0 Å². The Morgan fingerprint density at radius 2 is 1.79 bits per heavy atom. The normalized spacial score (nSPS) is 15.9. The van der Waals surface area contributed by atoms with Gasteiger partial charge in [-0.25, -0.2) is 8.78 Å². The molecule has 1 fully saturated rings. The van der Waals surface area contributed by atoms with E-state index >= 15 is 0 Å². The lowest BCUT2D eigenvalue weighted by molar-refractivity contribution is -0.123. The number of hydrogen-bond donors (Lipinski definition) is 1. The summed E-state index contributed by atoms with van der Waals surface area (Å²) in [4.78, 5) is 14.5. The molecule has 0 aliphatic heterocycles. The SMILES string of the molecule is COc1ccc(C(NC(=O)CN(C)C(C)c2ccc(F)c(F)c2)C2CC2)cc1. The van der Waals surface area contributed by atoms with Crippen molar-refractivity contribution in [3.63, 3.8) is 0 Å². The summed E-state index contributed by atoms with van der Waals surface area (Å²) in [6.45, 7) is 2.03. The number of nitrogens with zero attached hydrogens (tertiary/aromatic N) is 1. The number of ether oxygens (including phenoxy) is 1. The lowest BCUT2D eigenvalue weighted by atomic mass is 10.0. The van der Waals surface area contributed by atoms with Gasteiger partial charge < -0.3 is 10.1 Å². The molecule has 0 saturated heterocycles. The van der Waals surface area contributed by atoms with E-state index in [1.807, 2.05) is 36.1 Å². The number of hydrogen-bond acceptors (Lipinski definition) is 3. The van der Waals surface area contributed by atoms with Crippen molar-refractivity contribution in [1.82, 2.24) is 10.2 Å². The first-order valence-electron chi connectivity index (χ1n) is 9.47. The van der Waals surface area contributed by atoms with Gasteiger partial charge in [-0.1, -0.05) is 18.2 Å². The molecule has 0 bridgehead atoms. The Morgan fingerprint density at radius 1 is 1.14 bits per heavy atom. The molecule has 3 rings (SSSR count). The maximum atomic E-state index is 13.5. The second-order valence-corrected chi connectivity index (χ2v) is 7.42. The number of carbonyl (C=O) groups is 1. The molecule has 0 heterocycles. The fourth-order valence-electron chi connectivity index (χ4n) is 3.32. The third-order valence-electron chi connectivity index (χ3n) is 5.37. The first-order valence-corrected chi connectivity index (χ1v) is 9.47. The molecule has 1 saturated carbocycles. The van der Waals surface area contributed by atoms with Gasteiger partial charge in [-0.2, -0.15) is 0 Å². The van der Waals surface area contributed by atoms with Crippen molar-refractivity contribution < 1.29 is 18.3 Å². The van der Waals surface area contributed by atoms with Crippen LogP contribution in [0.3, 0.4) is 0 Å². The molecule has 0 aromatic heterocycles. The van der Waals surface area contributed by atoms with Crippen molar-refractivity contribution >= 4 is 5.91 Å². The molecule has 4 nitrogen and oxygen atoms in total. The molecular formula is C22H26F2N2O2. The first-order chi connectivity index (χ1) is 13.4. The number of amides is 1. The predicted octanol–water partition coefficient (Wildman–Crippen LogP) is 4.23. The van der Waals surface area contributed by atoms with Crippen LogP contribution in [-0.2, 0) is 4.79 Å². The molecule has 28 heavy (non-hydrogen) atoms. The maximum Gasteiger partial charge on any atom is 0.234 e. The molecule has 2 atom stereocenters. The molecule has 1 aliphatic carbocycles. The number of methoxy groups -OCH3 is 1. The number of rotatable bonds is 8. The number of benzene rings is 2. The van der Waals surface area contributed by atoms with Crippen molar-refractivity contribution in [2.45, 2.75) is 31.8 Å². The summed E-state index contributed by atoms with van der Waals surface area (Å²) in [5.74, 6) is -0.612. The van der Waals surface area contributed by atoms with Gasteiger partial charge in [-0.3, -0.25) is 9.69 Å². The zero-order valence-electron chi connectivity index (χ0n) is 16.4. The van der Waals surface area contributed by atoms with Crippen LogP contribution in [0.2, 0.25) is 0 Å². The van der Waals surface area contributed by atoms with Gasteiger partial charge in [0.1, 0.15) is 5.75 Å². The molecule has 1 N–H and O–H groups in total. The van der Waals surface area contributed by atoms with Gasteiger partial charge in [0.15, 0.2) is 11.6 Å². The van der Waals surface area contributed by atoms with Crippen molar-refractivity contribution in [2.24, 2.45) is 5.92 Å². The van der Waals surface area contributed by atoms with Crippen LogP contribution in [0.15, 0.2) is 42.5 Å². The van der Waals surface area contributed by atoms with Gasteiger partial charge in [-0.05, 0) is 68.1 Å². The van der Waals surface area contributed by atoms with Crippen LogP contribution in [0.5, 0.6) is 5.75 Å². The predicted molar refractivity (Wildman–Crippen MR) is 104 cm³/mol. The van der Waals surface area contributed by atoms with Gasteiger partial charge in [0.25, 0.3) is 0 Å². The standard InChI is InChI=1S/C22H26F2N2O2/c1-14(17-8-11-19(23)20(24)12-17)26(2)13-21(27)25-22(15-4-5-15)16-6-9-18(28-3)10-7-16/h6-12,14-15,22H,4-5,13H2,1-3H3,(H,25,27). The van der Waals surface area contributed by atoms with E-state index in [1.165, 1.54) is 6.07 Å². The molecule has 0 spiro atoms. The highest BCUT2D eigenvalue weighted by Crippen LogP contribution is 2.41. The van der Waals surface area contributed by atoms with Crippen molar-refractivity contribution in [1.29, 1.82) is 0 Å².